The number of fused-ring (bicyclic) bond motifs is 3. The van der Waals surface area contributed by atoms with Crippen LogP contribution < -0.4 is 0 Å². The molecule has 8 heterocycles. The number of carbonyl (C=O) groups excluding carboxylic acids is 2. The molecule has 9 rings (SSSR count). The number of carbonyl (C=O) groups is 2. The van der Waals surface area contributed by atoms with Gasteiger partial charge in [-0.15, -0.1) is 79.4 Å². The summed E-state index contributed by atoms with van der Waals surface area (Å²) in [5, 5.41) is 2.67. The SMILES string of the molecule is CC(C)Cc1ccc(-c2c3cc(C(C)(C)C)sc3c(-c3ccc(CC(C)C)s3)c3cc(-c4ccc(-c5sc(-c6ccc(C(C)(C)C)s6)c6c5C(=O)N(C)C6=O)s4)sc23)s1. The third-order valence-corrected chi connectivity index (χ3v) is 20.1. The zero-order valence-electron chi connectivity index (χ0n) is 35.5. The Kier molecular flexibility index (Phi) is 10.5. The van der Waals surface area contributed by atoms with Gasteiger partial charge in [0.15, 0.2) is 0 Å². The number of rotatable bonds is 9. The highest BCUT2D eigenvalue weighted by atomic mass is 32.1. The summed E-state index contributed by atoms with van der Waals surface area (Å²) in [6, 6.07) is 23.0. The number of amides is 2. The normalized spacial score (nSPS) is 13.8. The van der Waals surface area contributed by atoms with Crippen molar-refractivity contribution in [1.29, 1.82) is 0 Å². The molecule has 0 radical (unpaired) electrons. The number of benzene rings is 1. The highest BCUT2D eigenvalue weighted by molar-refractivity contribution is 7.31. The Morgan fingerprint density at radius 1 is 0.475 bits per heavy atom. The van der Waals surface area contributed by atoms with E-state index in [4.69, 9.17) is 0 Å². The van der Waals surface area contributed by atoms with E-state index in [0.717, 1.165) is 32.4 Å². The lowest BCUT2D eigenvalue weighted by molar-refractivity contribution is 0.0693. The van der Waals surface area contributed by atoms with Crippen molar-refractivity contribution in [2.24, 2.45) is 11.8 Å². The molecular formula is C49H49NO2S7. The van der Waals surface area contributed by atoms with Crippen molar-refractivity contribution >= 4 is 111 Å². The van der Waals surface area contributed by atoms with Crippen LogP contribution in [-0.4, -0.2) is 23.8 Å². The van der Waals surface area contributed by atoms with E-state index in [1.54, 1.807) is 41.1 Å². The maximum absolute atomic E-state index is 13.8. The minimum Gasteiger partial charge on any atom is -0.277 e. The van der Waals surface area contributed by atoms with Crippen molar-refractivity contribution in [3.8, 4) is 50.1 Å². The molecule has 1 aromatic carbocycles. The number of nitrogens with zero attached hydrogens (tertiary/aromatic N) is 1. The lowest BCUT2D eigenvalue weighted by Gasteiger charge is -2.15. The van der Waals surface area contributed by atoms with Crippen LogP contribution in [0, 0.1) is 11.8 Å². The fourth-order valence-corrected chi connectivity index (χ4v) is 16.8. The van der Waals surface area contributed by atoms with Crippen LogP contribution >= 0.6 is 79.4 Å². The maximum atomic E-state index is 13.8. The van der Waals surface area contributed by atoms with E-state index in [1.165, 1.54) is 75.2 Å². The van der Waals surface area contributed by atoms with E-state index in [9.17, 15) is 9.59 Å². The van der Waals surface area contributed by atoms with Crippen molar-refractivity contribution < 1.29 is 9.59 Å². The van der Waals surface area contributed by atoms with Gasteiger partial charge < -0.3 is 0 Å². The van der Waals surface area contributed by atoms with Gasteiger partial charge in [-0.1, -0.05) is 69.2 Å². The molecule has 0 spiro atoms. The Hall–Kier alpha value is -3.22. The first-order valence-electron chi connectivity index (χ1n) is 20.3. The van der Waals surface area contributed by atoms with Crippen LogP contribution in [0.3, 0.4) is 0 Å². The molecule has 0 fully saturated rings. The molecule has 3 nitrogen and oxygen atoms in total. The van der Waals surface area contributed by atoms with Gasteiger partial charge in [-0.3, -0.25) is 14.5 Å². The van der Waals surface area contributed by atoms with E-state index in [2.05, 4.69) is 130 Å². The van der Waals surface area contributed by atoms with E-state index >= 15 is 0 Å². The lowest BCUT2D eigenvalue weighted by Crippen LogP contribution is -2.24. The molecule has 59 heavy (non-hydrogen) atoms. The molecule has 0 N–H and O–H groups in total. The second kappa shape index (κ2) is 15.0. The topological polar surface area (TPSA) is 37.4 Å². The summed E-state index contributed by atoms with van der Waals surface area (Å²) in [4.78, 5) is 43.2. The minimum absolute atomic E-state index is 0.000815. The van der Waals surface area contributed by atoms with Crippen molar-refractivity contribution in [2.75, 3.05) is 7.05 Å². The summed E-state index contributed by atoms with van der Waals surface area (Å²) in [5.74, 6) is 0.771. The van der Waals surface area contributed by atoms with Gasteiger partial charge in [-0.05, 0) is 96.2 Å². The van der Waals surface area contributed by atoms with Crippen LogP contribution in [0.15, 0.2) is 60.7 Å². The molecule has 0 aliphatic carbocycles. The Bertz CT molecular complexity index is 2830. The first-order chi connectivity index (χ1) is 27.9. The summed E-state index contributed by atoms with van der Waals surface area (Å²) < 4.78 is 2.71. The summed E-state index contributed by atoms with van der Waals surface area (Å²) >= 11 is 12.8. The second-order valence-corrected chi connectivity index (χ2v) is 26.3. The molecule has 7 aromatic heterocycles. The summed E-state index contributed by atoms with van der Waals surface area (Å²) in [6.45, 7) is 22.8. The molecule has 0 unspecified atom stereocenters. The molecule has 304 valence electrons. The Morgan fingerprint density at radius 2 is 0.949 bits per heavy atom. The van der Waals surface area contributed by atoms with Crippen molar-refractivity contribution in [2.45, 2.75) is 92.9 Å². The number of imide groups is 1. The molecular weight excluding hydrogens is 859 g/mol. The Morgan fingerprint density at radius 3 is 1.47 bits per heavy atom. The average Bonchev–Trinajstić information content (AvgIpc) is 3.99. The quantitative estimate of drug-likeness (QED) is 0.135. The van der Waals surface area contributed by atoms with E-state index in [0.29, 0.717) is 23.0 Å². The predicted octanol–water partition coefficient (Wildman–Crippen LogP) is 17.0. The molecule has 8 aromatic rings. The van der Waals surface area contributed by atoms with Gasteiger partial charge in [-0.2, -0.15) is 0 Å². The van der Waals surface area contributed by atoms with Crippen molar-refractivity contribution in [3.63, 3.8) is 0 Å². The smallest absolute Gasteiger partial charge is 0.262 e. The third-order valence-electron chi connectivity index (χ3n) is 10.8. The molecule has 0 saturated heterocycles. The number of hydrogen-bond donors (Lipinski definition) is 0. The molecule has 10 heteroatoms. The number of thiophene rings is 7. The van der Waals surface area contributed by atoms with Crippen LogP contribution in [0.5, 0.6) is 0 Å². The van der Waals surface area contributed by atoms with E-state index in [1.807, 2.05) is 45.3 Å². The molecule has 2 amide bonds. The standard InChI is InChI=1S/C49H49NO2S7/c1-24(2)20-26-12-14-31(53-26)38-28-22-35(57-42(28)39(32-15-13-27(54-32)21-25(3)4)29-23-37(49(8,9)10)58-43(29)38)30-16-17-33(55-30)44-40-41(47(52)50(11)46(40)51)45(59-44)34-18-19-36(56-34)48(5,6)7/h12-19,22-25H,20-21H2,1-11H3. The predicted molar refractivity (Wildman–Crippen MR) is 265 cm³/mol. The maximum Gasteiger partial charge on any atom is 0.262 e. The third kappa shape index (κ3) is 7.28. The number of hydrogen-bond acceptors (Lipinski definition) is 9. The van der Waals surface area contributed by atoms with Gasteiger partial charge in [-0.25, -0.2) is 0 Å². The first-order valence-corrected chi connectivity index (χ1v) is 26.0. The summed E-state index contributed by atoms with van der Waals surface area (Å²) in [5.41, 5.74) is 3.85. The molecule has 1 aliphatic heterocycles. The Labute approximate surface area is 376 Å². The van der Waals surface area contributed by atoms with Gasteiger partial charge >= 0.3 is 0 Å². The molecule has 1 aliphatic rings. The molecule has 0 saturated carbocycles. The minimum atomic E-state index is -0.212. The largest absolute Gasteiger partial charge is 0.277 e. The van der Waals surface area contributed by atoms with Crippen molar-refractivity contribution in [1.82, 2.24) is 4.90 Å². The average molecular weight is 908 g/mol. The van der Waals surface area contributed by atoms with Crippen LogP contribution in [0.25, 0.3) is 70.3 Å². The Balaban J connectivity index is 1.24. The van der Waals surface area contributed by atoms with Crippen LogP contribution in [0.1, 0.15) is 109 Å². The lowest BCUT2D eigenvalue weighted by atomic mass is 9.93. The fourth-order valence-electron chi connectivity index (χ4n) is 7.87. The van der Waals surface area contributed by atoms with E-state index < -0.39 is 0 Å². The van der Waals surface area contributed by atoms with Gasteiger partial charge in [0.05, 0.1) is 20.9 Å². The first kappa shape index (κ1) is 41.1. The summed E-state index contributed by atoms with van der Waals surface area (Å²) in [6.07, 6.45) is 2.16. The highest BCUT2D eigenvalue weighted by Gasteiger charge is 2.41. The van der Waals surface area contributed by atoms with Gasteiger partial charge in [0.25, 0.3) is 11.8 Å². The van der Waals surface area contributed by atoms with Crippen LogP contribution in [-0.2, 0) is 23.7 Å². The summed E-state index contributed by atoms with van der Waals surface area (Å²) in [7, 11) is 1.61. The zero-order valence-corrected chi connectivity index (χ0v) is 41.2. The highest BCUT2D eigenvalue weighted by Crippen LogP contribution is 2.56. The van der Waals surface area contributed by atoms with Crippen LogP contribution in [0.2, 0.25) is 0 Å². The fraction of sp³-hybridized carbons (Fsp3) is 0.347. The second-order valence-electron chi connectivity index (χ2n) is 18.7. The molecule has 0 atom stereocenters. The zero-order chi connectivity index (χ0) is 41.9. The van der Waals surface area contributed by atoms with E-state index in [-0.39, 0.29) is 22.6 Å². The van der Waals surface area contributed by atoms with Crippen molar-refractivity contribution in [3.05, 3.63) is 91.3 Å². The van der Waals surface area contributed by atoms with Gasteiger partial charge in [0, 0.05) is 87.1 Å². The van der Waals surface area contributed by atoms with Gasteiger partial charge in [0.1, 0.15) is 0 Å². The van der Waals surface area contributed by atoms with Gasteiger partial charge in [0.2, 0.25) is 0 Å². The molecule has 0 bridgehead atoms. The monoisotopic (exact) mass is 907 g/mol. The van der Waals surface area contributed by atoms with Crippen LogP contribution in [0.4, 0.5) is 0 Å².